The van der Waals surface area contributed by atoms with Gasteiger partial charge in [-0.2, -0.15) is 0 Å². The van der Waals surface area contributed by atoms with E-state index in [0.717, 1.165) is 25.9 Å². The second-order valence-corrected chi connectivity index (χ2v) is 5.36. The van der Waals surface area contributed by atoms with Gasteiger partial charge in [0.1, 0.15) is 0 Å². The molecule has 0 spiro atoms. The predicted molar refractivity (Wildman–Crippen MR) is 64.2 cm³/mol. The van der Waals surface area contributed by atoms with Gasteiger partial charge in [0, 0.05) is 13.1 Å². The lowest BCUT2D eigenvalue weighted by atomic mass is 10.2. The molecule has 0 radical (unpaired) electrons. The summed E-state index contributed by atoms with van der Waals surface area (Å²) >= 11 is 3.45. The second kappa shape index (κ2) is 5.85. The van der Waals surface area contributed by atoms with E-state index in [9.17, 15) is 4.79 Å². The van der Waals surface area contributed by atoms with Gasteiger partial charge in [0.15, 0.2) is 0 Å². The first kappa shape index (κ1) is 13.0. The maximum atomic E-state index is 12.0. The number of halogens is 1. The lowest BCUT2D eigenvalue weighted by molar-refractivity contribution is -0.142. The third-order valence-corrected chi connectivity index (χ3v) is 3.39. The average molecular weight is 278 g/mol. The van der Waals surface area contributed by atoms with Gasteiger partial charge in [0.25, 0.3) is 0 Å². The van der Waals surface area contributed by atoms with Crippen molar-refractivity contribution < 1.29 is 9.53 Å². The van der Waals surface area contributed by atoms with Crippen molar-refractivity contribution in [1.29, 1.82) is 0 Å². The minimum Gasteiger partial charge on any atom is -0.372 e. The van der Waals surface area contributed by atoms with Crippen molar-refractivity contribution in [1.82, 2.24) is 4.90 Å². The Morgan fingerprint density at radius 3 is 2.47 bits per heavy atom. The van der Waals surface area contributed by atoms with E-state index >= 15 is 0 Å². The van der Waals surface area contributed by atoms with E-state index in [2.05, 4.69) is 22.9 Å². The SMILES string of the molecule is CCCC(Br)C(=O)N1CC(C)OC(C)C1. The molecule has 4 heteroatoms. The Bertz CT molecular complexity index is 213. The van der Waals surface area contributed by atoms with Gasteiger partial charge in [-0.05, 0) is 20.3 Å². The first-order valence-corrected chi connectivity index (χ1v) is 6.54. The van der Waals surface area contributed by atoms with Crippen LogP contribution in [0.25, 0.3) is 0 Å². The smallest absolute Gasteiger partial charge is 0.236 e. The van der Waals surface area contributed by atoms with Gasteiger partial charge in [0.2, 0.25) is 5.91 Å². The van der Waals surface area contributed by atoms with Crippen molar-refractivity contribution in [2.45, 2.75) is 50.6 Å². The topological polar surface area (TPSA) is 29.5 Å². The van der Waals surface area contributed by atoms with E-state index in [1.807, 2.05) is 18.7 Å². The van der Waals surface area contributed by atoms with Crippen LogP contribution in [0.5, 0.6) is 0 Å². The molecule has 88 valence electrons. The summed E-state index contributed by atoms with van der Waals surface area (Å²) in [5, 5.41) is 0. The third-order valence-electron chi connectivity index (χ3n) is 2.54. The Hall–Kier alpha value is -0.0900. The molecule has 1 rings (SSSR count). The molecule has 1 saturated heterocycles. The highest BCUT2D eigenvalue weighted by atomic mass is 79.9. The van der Waals surface area contributed by atoms with Gasteiger partial charge >= 0.3 is 0 Å². The summed E-state index contributed by atoms with van der Waals surface area (Å²) in [6.45, 7) is 7.55. The number of alkyl halides is 1. The van der Waals surface area contributed by atoms with Crippen LogP contribution < -0.4 is 0 Å². The van der Waals surface area contributed by atoms with Gasteiger partial charge in [-0.25, -0.2) is 0 Å². The minimum atomic E-state index is -0.0278. The molecule has 3 unspecified atom stereocenters. The fourth-order valence-electron chi connectivity index (χ4n) is 1.93. The Balaban J connectivity index is 2.51. The Labute approximate surface area is 100 Å². The fraction of sp³-hybridized carbons (Fsp3) is 0.909. The molecule has 0 aromatic heterocycles. The third kappa shape index (κ3) is 3.76. The van der Waals surface area contributed by atoms with Crippen molar-refractivity contribution in [3.63, 3.8) is 0 Å². The van der Waals surface area contributed by atoms with Crippen LogP contribution in [0.3, 0.4) is 0 Å². The molecule has 0 bridgehead atoms. The standard InChI is InChI=1S/C11H20BrNO2/c1-4-5-10(12)11(14)13-6-8(2)15-9(3)7-13/h8-10H,4-7H2,1-3H3. The van der Waals surface area contributed by atoms with Crippen LogP contribution in [0.15, 0.2) is 0 Å². The Morgan fingerprint density at radius 2 is 2.00 bits per heavy atom. The molecule has 0 N–H and O–H groups in total. The van der Waals surface area contributed by atoms with E-state index < -0.39 is 0 Å². The number of rotatable bonds is 3. The van der Waals surface area contributed by atoms with Gasteiger partial charge < -0.3 is 9.64 Å². The first-order valence-electron chi connectivity index (χ1n) is 5.63. The summed E-state index contributed by atoms with van der Waals surface area (Å²) < 4.78 is 5.60. The number of amides is 1. The molecular formula is C11H20BrNO2. The van der Waals surface area contributed by atoms with Crippen molar-refractivity contribution in [3.8, 4) is 0 Å². The number of nitrogens with zero attached hydrogens (tertiary/aromatic N) is 1. The number of carbonyl (C=O) groups is 1. The van der Waals surface area contributed by atoms with Crippen LogP contribution in [0.4, 0.5) is 0 Å². The molecule has 1 aliphatic rings. The zero-order chi connectivity index (χ0) is 11.4. The molecule has 3 nitrogen and oxygen atoms in total. The summed E-state index contributed by atoms with van der Waals surface area (Å²) in [5.74, 6) is 0.207. The number of ether oxygens (including phenoxy) is 1. The average Bonchev–Trinajstić information content (AvgIpc) is 2.15. The van der Waals surface area contributed by atoms with Crippen LogP contribution in [0.2, 0.25) is 0 Å². The highest BCUT2D eigenvalue weighted by molar-refractivity contribution is 9.10. The van der Waals surface area contributed by atoms with Crippen molar-refractivity contribution in [2.24, 2.45) is 0 Å². The van der Waals surface area contributed by atoms with Gasteiger partial charge in [0.05, 0.1) is 17.0 Å². The maximum Gasteiger partial charge on any atom is 0.236 e. The van der Waals surface area contributed by atoms with Crippen LogP contribution in [-0.4, -0.2) is 40.9 Å². The molecule has 1 aliphatic heterocycles. The van der Waals surface area contributed by atoms with E-state index in [0.29, 0.717) is 0 Å². The molecule has 15 heavy (non-hydrogen) atoms. The Kier molecular flexibility index (Phi) is 5.06. The number of hydrogen-bond donors (Lipinski definition) is 0. The van der Waals surface area contributed by atoms with Crippen LogP contribution in [0.1, 0.15) is 33.6 Å². The lowest BCUT2D eigenvalue weighted by Crippen LogP contribution is -2.50. The molecule has 0 saturated carbocycles. The molecule has 0 aliphatic carbocycles. The highest BCUT2D eigenvalue weighted by Gasteiger charge is 2.28. The molecule has 3 atom stereocenters. The molecule has 1 amide bonds. The zero-order valence-electron chi connectivity index (χ0n) is 9.70. The lowest BCUT2D eigenvalue weighted by Gasteiger charge is -2.36. The second-order valence-electron chi connectivity index (χ2n) is 4.26. The summed E-state index contributed by atoms with van der Waals surface area (Å²) in [5.41, 5.74) is 0. The minimum absolute atomic E-state index is 0.0278. The maximum absolute atomic E-state index is 12.0. The van der Waals surface area contributed by atoms with Gasteiger partial charge in [-0.1, -0.05) is 29.3 Å². The molecular weight excluding hydrogens is 258 g/mol. The predicted octanol–water partition coefficient (Wildman–Crippen LogP) is 2.19. The number of carbonyl (C=O) groups excluding carboxylic acids is 1. The molecule has 1 heterocycles. The Morgan fingerprint density at radius 1 is 1.47 bits per heavy atom. The zero-order valence-corrected chi connectivity index (χ0v) is 11.3. The van der Waals surface area contributed by atoms with Crippen LogP contribution in [0, 0.1) is 0 Å². The van der Waals surface area contributed by atoms with Crippen molar-refractivity contribution >= 4 is 21.8 Å². The molecule has 0 aromatic carbocycles. The summed E-state index contributed by atoms with van der Waals surface area (Å²) in [4.78, 5) is 13.9. The van der Waals surface area contributed by atoms with Gasteiger partial charge in [-0.15, -0.1) is 0 Å². The quantitative estimate of drug-likeness (QED) is 0.741. The monoisotopic (exact) mass is 277 g/mol. The van der Waals surface area contributed by atoms with E-state index in [-0.39, 0.29) is 22.9 Å². The normalized spacial score (nSPS) is 28.9. The van der Waals surface area contributed by atoms with E-state index in [4.69, 9.17) is 4.74 Å². The van der Waals surface area contributed by atoms with Crippen molar-refractivity contribution in [2.75, 3.05) is 13.1 Å². The van der Waals surface area contributed by atoms with Crippen LogP contribution >= 0.6 is 15.9 Å². The highest BCUT2D eigenvalue weighted by Crippen LogP contribution is 2.16. The molecule has 0 aromatic rings. The number of morpholine rings is 1. The van der Waals surface area contributed by atoms with E-state index in [1.54, 1.807) is 0 Å². The van der Waals surface area contributed by atoms with Gasteiger partial charge in [-0.3, -0.25) is 4.79 Å². The number of hydrogen-bond acceptors (Lipinski definition) is 2. The van der Waals surface area contributed by atoms with Crippen LogP contribution in [-0.2, 0) is 9.53 Å². The summed E-state index contributed by atoms with van der Waals surface area (Å²) in [7, 11) is 0. The fourth-order valence-corrected chi connectivity index (χ4v) is 2.68. The summed E-state index contributed by atoms with van der Waals surface area (Å²) in [6, 6.07) is 0. The molecule has 1 fully saturated rings. The first-order chi connectivity index (χ1) is 7.04. The van der Waals surface area contributed by atoms with E-state index in [1.165, 1.54) is 0 Å². The van der Waals surface area contributed by atoms with Crippen molar-refractivity contribution in [3.05, 3.63) is 0 Å². The largest absolute Gasteiger partial charge is 0.372 e. The summed E-state index contributed by atoms with van der Waals surface area (Å²) in [6.07, 6.45) is 2.23.